The van der Waals surface area contributed by atoms with Gasteiger partial charge in [0.2, 0.25) is 5.69 Å². The van der Waals surface area contributed by atoms with Crippen LogP contribution >= 0.6 is 0 Å². The van der Waals surface area contributed by atoms with E-state index in [4.69, 9.17) is 0 Å². The molecule has 0 atom stereocenters. The van der Waals surface area contributed by atoms with Crippen LogP contribution in [0.3, 0.4) is 0 Å². The summed E-state index contributed by atoms with van der Waals surface area (Å²) in [5.74, 6) is 2.07. The highest BCUT2D eigenvalue weighted by molar-refractivity contribution is 6.05. The first-order valence-electron chi connectivity index (χ1n) is 8.65. The molecule has 1 aromatic heterocycles. The van der Waals surface area contributed by atoms with Crippen LogP contribution in [0.1, 0.15) is 17.0 Å². The molecule has 0 saturated heterocycles. The number of hydrogen-bond acceptors (Lipinski definition) is 2. The van der Waals surface area contributed by atoms with E-state index in [2.05, 4.69) is 41.4 Å². The van der Waals surface area contributed by atoms with Crippen molar-refractivity contribution in [3.63, 3.8) is 0 Å². The third-order valence-electron chi connectivity index (χ3n) is 4.03. The monoisotopic (exact) mass is 357 g/mol. The summed E-state index contributed by atoms with van der Waals surface area (Å²) in [4.78, 5) is 4.18. The van der Waals surface area contributed by atoms with Crippen LogP contribution in [0.2, 0.25) is 0 Å². The fourth-order valence-electron chi connectivity index (χ4n) is 3.20. The van der Waals surface area contributed by atoms with Gasteiger partial charge in [-0.1, -0.05) is 35.5 Å². The maximum Gasteiger partial charge on any atom is 0.301 e. The van der Waals surface area contributed by atoms with Gasteiger partial charge in [0.1, 0.15) is 0 Å². The highest BCUT2D eigenvalue weighted by atomic mass is 15.5. The first-order valence-corrected chi connectivity index (χ1v) is 8.65. The molecule has 0 radical (unpaired) electrons. The van der Waals surface area contributed by atoms with E-state index in [1.54, 1.807) is 0 Å². The van der Waals surface area contributed by atoms with Gasteiger partial charge in [0.15, 0.2) is 5.69 Å². The van der Waals surface area contributed by atoms with Gasteiger partial charge < -0.3 is 0 Å². The summed E-state index contributed by atoms with van der Waals surface area (Å²) in [6, 6.07) is 10.3. The van der Waals surface area contributed by atoms with Crippen LogP contribution in [0.5, 0.6) is 0 Å². The molecule has 26 heavy (non-hydrogen) atoms. The van der Waals surface area contributed by atoms with Crippen molar-refractivity contribution in [2.24, 2.45) is 0 Å². The van der Waals surface area contributed by atoms with Crippen LogP contribution in [-0.2, 0) is 6.54 Å². The van der Waals surface area contributed by atoms with E-state index < -0.39 is 0 Å². The molecular weight excluding hydrogens is 326 g/mol. The molecule has 0 aliphatic rings. The standard InChI is InChI=1S/C19H31N7/c1-22(2)18(23(3)4)16-17(19(24(5)6)25(7)8)26(21-20-16)14-15-12-10-9-11-13-15/h9-13H,14H2,1-8H3/q+2. The van der Waals surface area contributed by atoms with Crippen molar-refractivity contribution in [2.45, 2.75) is 6.54 Å². The smallest absolute Gasteiger partial charge is 0.265 e. The van der Waals surface area contributed by atoms with Crippen LogP contribution in [-0.4, -0.2) is 102 Å². The molecule has 0 unspecified atom stereocenters. The third kappa shape index (κ3) is 4.09. The van der Waals surface area contributed by atoms with Gasteiger partial charge in [0, 0.05) is 0 Å². The number of rotatable bonds is 4. The Morgan fingerprint density at radius 2 is 1.42 bits per heavy atom. The minimum Gasteiger partial charge on any atom is -0.265 e. The highest BCUT2D eigenvalue weighted by Gasteiger charge is 2.33. The van der Waals surface area contributed by atoms with Crippen molar-refractivity contribution >= 4 is 11.7 Å². The van der Waals surface area contributed by atoms with Gasteiger partial charge in [-0.05, 0) is 5.56 Å². The zero-order valence-corrected chi connectivity index (χ0v) is 17.2. The molecule has 0 aliphatic heterocycles. The summed E-state index contributed by atoms with van der Waals surface area (Å²) in [5.41, 5.74) is 3.06. The second-order valence-electron chi connectivity index (χ2n) is 7.15. The molecule has 7 nitrogen and oxygen atoms in total. The van der Waals surface area contributed by atoms with Crippen LogP contribution in [0.15, 0.2) is 30.3 Å². The van der Waals surface area contributed by atoms with E-state index in [-0.39, 0.29) is 0 Å². The van der Waals surface area contributed by atoms with Gasteiger partial charge in [-0.3, -0.25) is 19.0 Å². The Kier molecular flexibility index (Phi) is 6.13. The average molecular weight is 358 g/mol. The lowest BCUT2D eigenvalue weighted by Gasteiger charge is -2.15. The summed E-state index contributed by atoms with van der Waals surface area (Å²) in [6.07, 6.45) is 0. The maximum atomic E-state index is 4.56. The minimum atomic E-state index is 0.669. The molecule has 0 N–H and O–H groups in total. The Morgan fingerprint density at radius 3 is 1.88 bits per heavy atom. The summed E-state index contributed by atoms with van der Waals surface area (Å²) in [6.45, 7) is 0.669. The fraction of sp³-hybridized carbons (Fsp3) is 0.474. The summed E-state index contributed by atoms with van der Waals surface area (Å²) in [5, 5.41) is 9.06. The molecule has 1 heterocycles. The lowest BCUT2D eigenvalue weighted by atomic mass is 10.2. The largest absolute Gasteiger partial charge is 0.301 e. The van der Waals surface area contributed by atoms with Gasteiger partial charge in [-0.15, -0.1) is 5.10 Å². The molecule has 2 rings (SSSR count). The molecule has 0 bridgehead atoms. The summed E-state index contributed by atoms with van der Waals surface area (Å²) < 4.78 is 6.16. The van der Waals surface area contributed by atoms with Gasteiger partial charge >= 0.3 is 5.84 Å². The second-order valence-corrected chi connectivity index (χ2v) is 7.15. The van der Waals surface area contributed by atoms with Gasteiger partial charge in [0.25, 0.3) is 5.84 Å². The maximum absolute atomic E-state index is 4.56. The molecule has 140 valence electrons. The van der Waals surface area contributed by atoms with Crippen molar-refractivity contribution in [1.29, 1.82) is 0 Å². The zero-order valence-electron chi connectivity index (χ0n) is 17.2. The third-order valence-corrected chi connectivity index (χ3v) is 4.03. The van der Waals surface area contributed by atoms with Gasteiger partial charge in [-0.25, -0.2) is 4.68 Å². The van der Waals surface area contributed by atoms with E-state index in [1.165, 1.54) is 5.56 Å². The van der Waals surface area contributed by atoms with Crippen LogP contribution in [0.25, 0.3) is 0 Å². The molecule has 7 heteroatoms. The predicted octanol–water partition coefficient (Wildman–Crippen LogP) is 0.487. The molecule has 2 aromatic rings. The molecular formula is C19H31N7+2. The van der Waals surface area contributed by atoms with E-state index in [9.17, 15) is 0 Å². The molecule has 0 saturated carbocycles. The number of hydrogen-bond donors (Lipinski definition) is 0. The SMILES string of the molecule is CN(C)C(c1nnn(Cc2ccccc2)c1C(N(C)C)=[N+](C)C)=[N+](C)C. The van der Waals surface area contributed by atoms with Crippen LogP contribution < -0.4 is 0 Å². The van der Waals surface area contributed by atoms with E-state index in [0.717, 1.165) is 23.1 Å². The van der Waals surface area contributed by atoms with Crippen molar-refractivity contribution in [1.82, 2.24) is 24.8 Å². The fourth-order valence-corrected chi connectivity index (χ4v) is 3.20. The number of aromatic nitrogens is 3. The number of amidine groups is 2. The van der Waals surface area contributed by atoms with E-state index in [1.807, 2.05) is 79.3 Å². The first kappa shape index (κ1) is 19.6. The Labute approximate surface area is 156 Å². The lowest BCUT2D eigenvalue weighted by molar-refractivity contribution is -0.470. The van der Waals surface area contributed by atoms with Crippen molar-refractivity contribution in [3.05, 3.63) is 47.3 Å². The Balaban J connectivity index is 2.72. The molecule has 0 aliphatic carbocycles. The predicted molar refractivity (Wildman–Crippen MR) is 105 cm³/mol. The minimum absolute atomic E-state index is 0.669. The molecule has 1 aromatic carbocycles. The van der Waals surface area contributed by atoms with Crippen molar-refractivity contribution < 1.29 is 9.15 Å². The van der Waals surface area contributed by atoms with Crippen molar-refractivity contribution in [2.75, 3.05) is 56.4 Å². The Morgan fingerprint density at radius 1 is 0.885 bits per heavy atom. The topological polar surface area (TPSA) is 43.2 Å². The van der Waals surface area contributed by atoms with E-state index >= 15 is 0 Å². The number of nitrogens with zero attached hydrogens (tertiary/aromatic N) is 7. The van der Waals surface area contributed by atoms with E-state index in [0.29, 0.717) is 6.54 Å². The molecule has 0 spiro atoms. The summed E-state index contributed by atoms with van der Waals surface area (Å²) >= 11 is 0. The number of benzene rings is 1. The van der Waals surface area contributed by atoms with Crippen LogP contribution in [0.4, 0.5) is 0 Å². The first-order chi connectivity index (χ1) is 12.2. The lowest BCUT2D eigenvalue weighted by Crippen LogP contribution is -2.37. The van der Waals surface area contributed by atoms with Gasteiger partial charge in [-0.2, -0.15) is 0 Å². The molecule has 0 fully saturated rings. The molecule has 0 amide bonds. The zero-order chi connectivity index (χ0) is 19.4. The van der Waals surface area contributed by atoms with Crippen LogP contribution in [0, 0.1) is 0 Å². The Hall–Kier alpha value is -2.70. The normalized spacial score (nSPS) is 10.5. The second kappa shape index (κ2) is 8.12. The van der Waals surface area contributed by atoms with Crippen molar-refractivity contribution in [3.8, 4) is 0 Å². The highest BCUT2D eigenvalue weighted by Crippen LogP contribution is 2.13. The average Bonchev–Trinajstić information content (AvgIpc) is 2.90. The quantitative estimate of drug-likeness (QED) is 0.454. The Bertz CT molecular complexity index is 806. The summed E-state index contributed by atoms with van der Waals surface area (Å²) in [7, 11) is 16.3. The van der Waals surface area contributed by atoms with Gasteiger partial charge in [0.05, 0.1) is 62.9 Å².